The highest BCUT2D eigenvalue weighted by Crippen LogP contribution is 2.26. The molecule has 0 bridgehead atoms. The second-order valence-corrected chi connectivity index (χ2v) is 8.03. The van der Waals surface area contributed by atoms with Crippen LogP contribution in [0.2, 0.25) is 0 Å². The van der Waals surface area contributed by atoms with Crippen molar-refractivity contribution in [1.29, 1.82) is 0 Å². The van der Waals surface area contributed by atoms with E-state index < -0.39 is 0 Å². The van der Waals surface area contributed by atoms with E-state index in [2.05, 4.69) is 52.5 Å². The van der Waals surface area contributed by atoms with Crippen molar-refractivity contribution >= 4 is 44.0 Å². The molecule has 0 radical (unpaired) electrons. The van der Waals surface area contributed by atoms with Gasteiger partial charge >= 0.3 is 0 Å². The number of hydrogen-bond acceptors (Lipinski definition) is 3. The lowest BCUT2D eigenvalue weighted by Crippen LogP contribution is -2.07. The molecule has 2 aromatic heterocycles. The molecule has 0 aliphatic heterocycles. The number of imidazole rings is 1. The lowest BCUT2D eigenvalue weighted by Gasteiger charge is -2.10. The topological polar surface area (TPSA) is 43.8 Å². The quantitative estimate of drug-likeness (QED) is 0.676. The monoisotopic (exact) mass is 363 g/mol. The highest BCUT2D eigenvalue weighted by molar-refractivity contribution is 9.11. The first-order valence-corrected chi connectivity index (χ1v) is 8.65. The summed E-state index contributed by atoms with van der Waals surface area (Å²) in [6, 6.07) is 10.3. The number of aromatic nitrogens is 2. The van der Waals surface area contributed by atoms with Gasteiger partial charge < -0.3 is 10.3 Å². The number of aryl methyl sites for hydroxylation is 2. The standard InChI is InChI=1S/C16H18BrN3S/c1-10(2)16-19-13-9-11(18)3-5-14(13)20(16)8-7-12-4-6-15(17)21-12/h3-6,9-10H,7-8,18H2,1-2H3. The lowest BCUT2D eigenvalue weighted by atomic mass is 10.2. The number of hydrogen-bond donors (Lipinski definition) is 1. The van der Waals surface area contributed by atoms with Crippen LogP contribution in [0.5, 0.6) is 0 Å². The molecule has 0 amide bonds. The maximum absolute atomic E-state index is 5.87. The predicted molar refractivity (Wildman–Crippen MR) is 94.0 cm³/mol. The van der Waals surface area contributed by atoms with Crippen LogP contribution < -0.4 is 5.73 Å². The van der Waals surface area contributed by atoms with Crippen molar-refractivity contribution in [3.05, 3.63) is 44.8 Å². The fourth-order valence-electron chi connectivity index (χ4n) is 2.55. The number of halogens is 1. The summed E-state index contributed by atoms with van der Waals surface area (Å²) in [7, 11) is 0. The van der Waals surface area contributed by atoms with Gasteiger partial charge in [-0.15, -0.1) is 11.3 Å². The molecule has 0 atom stereocenters. The zero-order valence-corrected chi connectivity index (χ0v) is 14.5. The summed E-state index contributed by atoms with van der Waals surface area (Å²) in [4.78, 5) is 6.15. The highest BCUT2D eigenvalue weighted by Gasteiger charge is 2.14. The molecule has 2 N–H and O–H groups in total. The van der Waals surface area contributed by atoms with E-state index in [4.69, 9.17) is 10.7 Å². The first kappa shape index (κ1) is 14.6. The molecular formula is C16H18BrN3S. The molecule has 0 unspecified atom stereocenters. The summed E-state index contributed by atoms with van der Waals surface area (Å²) in [5.41, 5.74) is 8.80. The molecule has 1 aromatic carbocycles. The Bertz CT molecular complexity index is 773. The van der Waals surface area contributed by atoms with E-state index in [-0.39, 0.29) is 0 Å². The minimum Gasteiger partial charge on any atom is -0.399 e. The van der Waals surface area contributed by atoms with Crippen LogP contribution in [0.25, 0.3) is 11.0 Å². The van der Waals surface area contributed by atoms with Gasteiger partial charge in [0.05, 0.1) is 14.8 Å². The summed E-state index contributed by atoms with van der Waals surface area (Å²) in [5.74, 6) is 1.53. The predicted octanol–water partition coefficient (Wildman–Crippen LogP) is 4.81. The maximum Gasteiger partial charge on any atom is 0.112 e. The number of rotatable bonds is 4. The summed E-state index contributed by atoms with van der Waals surface area (Å²) >= 11 is 5.32. The van der Waals surface area contributed by atoms with Crippen molar-refractivity contribution < 1.29 is 0 Å². The summed E-state index contributed by atoms with van der Waals surface area (Å²) in [6.07, 6.45) is 1.02. The normalized spacial score (nSPS) is 11.6. The van der Waals surface area contributed by atoms with Gasteiger partial charge in [0.2, 0.25) is 0 Å². The fourth-order valence-corrected chi connectivity index (χ4v) is 4.02. The van der Waals surface area contributed by atoms with Gasteiger partial charge in [0.15, 0.2) is 0 Å². The third kappa shape index (κ3) is 2.99. The number of nitrogens with two attached hydrogens (primary N) is 1. The van der Waals surface area contributed by atoms with E-state index in [9.17, 15) is 0 Å². The number of nitrogens with zero attached hydrogens (tertiary/aromatic N) is 2. The Morgan fingerprint density at radius 3 is 2.76 bits per heavy atom. The average molecular weight is 364 g/mol. The zero-order chi connectivity index (χ0) is 15.0. The molecule has 110 valence electrons. The third-order valence-electron chi connectivity index (χ3n) is 3.53. The Balaban J connectivity index is 1.97. The van der Waals surface area contributed by atoms with Crippen LogP contribution in [-0.2, 0) is 13.0 Å². The Kier molecular flexibility index (Phi) is 4.04. The second-order valence-electron chi connectivity index (χ2n) is 5.48. The van der Waals surface area contributed by atoms with Crippen molar-refractivity contribution in [3.8, 4) is 0 Å². The molecule has 0 saturated carbocycles. The number of anilines is 1. The maximum atomic E-state index is 5.87. The summed E-state index contributed by atoms with van der Waals surface area (Å²) in [5, 5.41) is 0. The Morgan fingerprint density at radius 1 is 1.29 bits per heavy atom. The van der Waals surface area contributed by atoms with Crippen molar-refractivity contribution in [1.82, 2.24) is 9.55 Å². The summed E-state index contributed by atoms with van der Waals surface area (Å²) in [6.45, 7) is 5.31. The molecule has 21 heavy (non-hydrogen) atoms. The number of fused-ring (bicyclic) bond motifs is 1. The van der Waals surface area contributed by atoms with Gasteiger partial charge in [-0.2, -0.15) is 0 Å². The molecule has 0 saturated heterocycles. The van der Waals surface area contributed by atoms with Crippen LogP contribution >= 0.6 is 27.3 Å². The SMILES string of the molecule is CC(C)c1nc2cc(N)ccc2n1CCc1ccc(Br)s1. The van der Waals surface area contributed by atoms with Gasteiger partial charge in [-0.1, -0.05) is 13.8 Å². The van der Waals surface area contributed by atoms with Crippen molar-refractivity contribution in [2.75, 3.05) is 5.73 Å². The van der Waals surface area contributed by atoms with E-state index in [1.165, 1.54) is 14.2 Å². The largest absolute Gasteiger partial charge is 0.399 e. The van der Waals surface area contributed by atoms with Crippen LogP contribution in [-0.4, -0.2) is 9.55 Å². The van der Waals surface area contributed by atoms with Gasteiger partial charge in [0.1, 0.15) is 5.82 Å². The Hall–Kier alpha value is -1.33. The smallest absolute Gasteiger partial charge is 0.112 e. The minimum atomic E-state index is 0.397. The molecule has 2 heterocycles. The molecule has 0 aliphatic carbocycles. The Morgan fingerprint density at radius 2 is 2.10 bits per heavy atom. The zero-order valence-electron chi connectivity index (χ0n) is 12.1. The van der Waals surface area contributed by atoms with E-state index in [0.717, 1.165) is 30.0 Å². The molecule has 3 nitrogen and oxygen atoms in total. The lowest BCUT2D eigenvalue weighted by molar-refractivity contribution is 0.637. The molecule has 5 heteroatoms. The van der Waals surface area contributed by atoms with Crippen LogP contribution in [0.15, 0.2) is 34.1 Å². The van der Waals surface area contributed by atoms with Crippen molar-refractivity contribution in [2.45, 2.75) is 32.7 Å². The van der Waals surface area contributed by atoms with Crippen LogP contribution in [0.3, 0.4) is 0 Å². The third-order valence-corrected chi connectivity index (χ3v) is 5.21. The molecule has 3 rings (SSSR count). The molecule has 3 aromatic rings. The van der Waals surface area contributed by atoms with Gasteiger partial charge in [-0.25, -0.2) is 4.98 Å². The summed E-state index contributed by atoms with van der Waals surface area (Å²) < 4.78 is 3.51. The highest BCUT2D eigenvalue weighted by atomic mass is 79.9. The van der Waals surface area contributed by atoms with Crippen molar-refractivity contribution in [2.24, 2.45) is 0 Å². The van der Waals surface area contributed by atoms with Crippen LogP contribution in [0.4, 0.5) is 5.69 Å². The van der Waals surface area contributed by atoms with Gasteiger partial charge in [0, 0.05) is 23.0 Å². The van der Waals surface area contributed by atoms with E-state index in [0.29, 0.717) is 5.92 Å². The van der Waals surface area contributed by atoms with Crippen molar-refractivity contribution in [3.63, 3.8) is 0 Å². The first-order valence-electron chi connectivity index (χ1n) is 7.04. The fraction of sp³-hybridized carbons (Fsp3) is 0.312. The average Bonchev–Trinajstić information content (AvgIpc) is 2.99. The Labute approximate surface area is 136 Å². The second kappa shape index (κ2) is 5.81. The number of benzene rings is 1. The molecule has 0 spiro atoms. The minimum absolute atomic E-state index is 0.397. The van der Waals surface area contributed by atoms with Crippen LogP contribution in [0.1, 0.15) is 30.5 Å². The molecule has 0 fully saturated rings. The molecular weight excluding hydrogens is 346 g/mol. The van der Waals surface area contributed by atoms with E-state index in [1.807, 2.05) is 12.1 Å². The number of thiophene rings is 1. The number of nitrogen functional groups attached to an aromatic ring is 1. The van der Waals surface area contributed by atoms with Gasteiger partial charge in [-0.05, 0) is 52.7 Å². The van der Waals surface area contributed by atoms with Crippen LogP contribution in [0, 0.1) is 0 Å². The van der Waals surface area contributed by atoms with E-state index in [1.54, 1.807) is 11.3 Å². The first-order chi connectivity index (χ1) is 10.0. The molecule has 0 aliphatic rings. The van der Waals surface area contributed by atoms with Gasteiger partial charge in [-0.3, -0.25) is 0 Å². The van der Waals surface area contributed by atoms with E-state index >= 15 is 0 Å². The van der Waals surface area contributed by atoms with Gasteiger partial charge in [0.25, 0.3) is 0 Å².